The van der Waals surface area contributed by atoms with Crippen LogP contribution in [0.2, 0.25) is 0 Å². The fraction of sp³-hybridized carbons (Fsp3) is 0.167. The van der Waals surface area contributed by atoms with E-state index in [1.807, 2.05) is 31.2 Å². The van der Waals surface area contributed by atoms with E-state index in [0.717, 1.165) is 15.6 Å². The molecule has 1 nitrogen and oxygen atoms in total. The molecule has 0 aliphatic rings. The van der Waals surface area contributed by atoms with Crippen molar-refractivity contribution < 1.29 is 4.74 Å². The molecule has 2 aromatic rings. The Morgan fingerprint density at radius 2 is 1.79 bits per heavy atom. The van der Waals surface area contributed by atoms with E-state index in [1.54, 1.807) is 0 Å². The van der Waals surface area contributed by atoms with Gasteiger partial charge in [-0.15, -0.1) is 0 Å². The highest BCUT2D eigenvalue weighted by Gasteiger charge is 2.02. The van der Waals surface area contributed by atoms with Gasteiger partial charge in [-0.3, -0.25) is 0 Å². The van der Waals surface area contributed by atoms with Crippen LogP contribution in [0, 0.1) is 0 Å². The Labute approximate surface area is 91.8 Å². The quantitative estimate of drug-likeness (QED) is 0.783. The molecule has 2 rings (SSSR count). The molecule has 0 fully saturated rings. The Morgan fingerprint density at radius 1 is 1.07 bits per heavy atom. The molecule has 0 heterocycles. The van der Waals surface area contributed by atoms with E-state index in [4.69, 9.17) is 4.74 Å². The molecule has 0 aliphatic heterocycles. The lowest BCUT2D eigenvalue weighted by molar-refractivity contribution is 0.344. The second-order valence-electron chi connectivity index (χ2n) is 3.02. The second-order valence-corrected chi connectivity index (χ2v) is 3.88. The maximum atomic E-state index is 5.55. The van der Waals surface area contributed by atoms with E-state index in [-0.39, 0.29) is 0 Å². The summed E-state index contributed by atoms with van der Waals surface area (Å²) in [6.45, 7) is 2.70. The molecule has 0 bridgehead atoms. The number of hydrogen-bond acceptors (Lipinski definition) is 1. The maximum Gasteiger partial charge on any atom is 0.127 e. The molecule has 2 heteroatoms. The molecular weight excluding hydrogens is 240 g/mol. The van der Waals surface area contributed by atoms with Crippen LogP contribution in [0.1, 0.15) is 6.92 Å². The SMILES string of the molecule is CCOc1cccc2c(Br)cccc12. The van der Waals surface area contributed by atoms with Crippen molar-refractivity contribution in [1.29, 1.82) is 0 Å². The van der Waals surface area contributed by atoms with Gasteiger partial charge in [-0.25, -0.2) is 0 Å². The topological polar surface area (TPSA) is 9.23 Å². The lowest BCUT2D eigenvalue weighted by atomic mass is 10.1. The first-order valence-electron chi connectivity index (χ1n) is 4.63. The third-order valence-corrected chi connectivity index (χ3v) is 2.82. The zero-order chi connectivity index (χ0) is 9.97. The summed E-state index contributed by atoms with van der Waals surface area (Å²) in [6, 6.07) is 12.2. The lowest BCUT2D eigenvalue weighted by Crippen LogP contribution is -1.91. The summed E-state index contributed by atoms with van der Waals surface area (Å²) in [4.78, 5) is 0. The molecule has 0 spiro atoms. The van der Waals surface area contributed by atoms with Crippen molar-refractivity contribution in [3.63, 3.8) is 0 Å². The molecule has 72 valence electrons. The normalized spacial score (nSPS) is 10.4. The van der Waals surface area contributed by atoms with E-state index in [0.29, 0.717) is 6.61 Å². The van der Waals surface area contributed by atoms with Crippen LogP contribution < -0.4 is 4.74 Å². The Morgan fingerprint density at radius 3 is 2.57 bits per heavy atom. The molecule has 0 aromatic heterocycles. The summed E-state index contributed by atoms with van der Waals surface area (Å²) in [7, 11) is 0. The number of halogens is 1. The highest BCUT2D eigenvalue weighted by molar-refractivity contribution is 9.10. The van der Waals surface area contributed by atoms with Crippen molar-refractivity contribution in [2.45, 2.75) is 6.92 Å². The Balaban J connectivity index is 2.68. The highest BCUT2D eigenvalue weighted by Crippen LogP contribution is 2.30. The van der Waals surface area contributed by atoms with Gasteiger partial charge in [0.05, 0.1) is 6.61 Å². The Bertz CT molecular complexity index is 451. The molecular formula is C12H11BrO. The highest BCUT2D eigenvalue weighted by atomic mass is 79.9. The third kappa shape index (κ3) is 1.62. The molecule has 0 saturated heterocycles. The number of hydrogen-bond donors (Lipinski definition) is 0. The average Bonchev–Trinajstić information content (AvgIpc) is 2.20. The van der Waals surface area contributed by atoms with E-state index in [1.165, 1.54) is 5.39 Å². The maximum absolute atomic E-state index is 5.55. The summed E-state index contributed by atoms with van der Waals surface area (Å²) in [5, 5.41) is 2.35. The number of fused-ring (bicyclic) bond motifs is 1. The van der Waals surface area contributed by atoms with Gasteiger partial charge in [-0.1, -0.05) is 40.2 Å². The van der Waals surface area contributed by atoms with Crippen LogP contribution >= 0.6 is 15.9 Å². The smallest absolute Gasteiger partial charge is 0.127 e. The summed E-state index contributed by atoms with van der Waals surface area (Å²) in [5.74, 6) is 0.950. The van der Waals surface area contributed by atoms with Crippen LogP contribution in [-0.2, 0) is 0 Å². The van der Waals surface area contributed by atoms with Crippen LogP contribution in [0.5, 0.6) is 5.75 Å². The standard InChI is InChI=1S/C12H11BrO/c1-2-14-12-8-4-5-9-10(12)6-3-7-11(9)13/h3-8H,2H2,1H3. The van der Waals surface area contributed by atoms with Crippen molar-refractivity contribution in [2.24, 2.45) is 0 Å². The zero-order valence-corrected chi connectivity index (χ0v) is 9.54. The first-order chi connectivity index (χ1) is 6.83. The van der Waals surface area contributed by atoms with Crippen molar-refractivity contribution in [2.75, 3.05) is 6.61 Å². The van der Waals surface area contributed by atoms with Crippen molar-refractivity contribution >= 4 is 26.7 Å². The van der Waals surface area contributed by atoms with Gasteiger partial charge in [-0.05, 0) is 24.4 Å². The summed E-state index contributed by atoms with van der Waals surface area (Å²) >= 11 is 3.53. The van der Waals surface area contributed by atoms with E-state index in [2.05, 4.69) is 28.1 Å². The lowest BCUT2D eigenvalue weighted by Gasteiger charge is -2.07. The van der Waals surface area contributed by atoms with Crippen LogP contribution in [0.4, 0.5) is 0 Å². The van der Waals surface area contributed by atoms with Gasteiger partial charge in [0.15, 0.2) is 0 Å². The predicted octanol–water partition coefficient (Wildman–Crippen LogP) is 4.00. The van der Waals surface area contributed by atoms with E-state index >= 15 is 0 Å². The van der Waals surface area contributed by atoms with Gasteiger partial charge in [-0.2, -0.15) is 0 Å². The monoisotopic (exact) mass is 250 g/mol. The van der Waals surface area contributed by atoms with Crippen molar-refractivity contribution in [3.05, 3.63) is 40.9 Å². The molecule has 0 N–H and O–H groups in total. The van der Waals surface area contributed by atoms with Gasteiger partial charge in [0.25, 0.3) is 0 Å². The summed E-state index contributed by atoms with van der Waals surface area (Å²) in [5.41, 5.74) is 0. The molecule has 14 heavy (non-hydrogen) atoms. The third-order valence-electron chi connectivity index (χ3n) is 2.13. The number of benzene rings is 2. The zero-order valence-electron chi connectivity index (χ0n) is 7.96. The first-order valence-corrected chi connectivity index (χ1v) is 5.42. The van der Waals surface area contributed by atoms with Gasteiger partial charge >= 0.3 is 0 Å². The molecule has 0 radical (unpaired) electrons. The van der Waals surface area contributed by atoms with Crippen LogP contribution in [0.25, 0.3) is 10.8 Å². The van der Waals surface area contributed by atoms with Crippen LogP contribution in [0.3, 0.4) is 0 Å². The molecule has 0 amide bonds. The Hall–Kier alpha value is -1.02. The van der Waals surface area contributed by atoms with Gasteiger partial charge in [0.1, 0.15) is 5.75 Å². The number of ether oxygens (including phenoxy) is 1. The van der Waals surface area contributed by atoms with Gasteiger partial charge in [0, 0.05) is 9.86 Å². The van der Waals surface area contributed by atoms with Crippen molar-refractivity contribution in [3.8, 4) is 5.75 Å². The second kappa shape index (κ2) is 4.01. The first kappa shape index (κ1) is 9.53. The average molecular weight is 251 g/mol. The fourth-order valence-electron chi connectivity index (χ4n) is 1.52. The predicted molar refractivity (Wildman–Crippen MR) is 62.8 cm³/mol. The molecule has 0 atom stereocenters. The molecule has 2 aromatic carbocycles. The van der Waals surface area contributed by atoms with Crippen LogP contribution in [0.15, 0.2) is 40.9 Å². The largest absolute Gasteiger partial charge is 0.493 e. The van der Waals surface area contributed by atoms with Gasteiger partial charge in [0.2, 0.25) is 0 Å². The minimum Gasteiger partial charge on any atom is -0.493 e. The minimum atomic E-state index is 0.700. The summed E-state index contributed by atoms with van der Waals surface area (Å²) < 4.78 is 6.66. The molecule has 0 aliphatic carbocycles. The van der Waals surface area contributed by atoms with Crippen LogP contribution in [-0.4, -0.2) is 6.61 Å². The van der Waals surface area contributed by atoms with Crippen molar-refractivity contribution in [1.82, 2.24) is 0 Å². The minimum absolute atomic E-state index is 0.700. The Kier molecular flexibility index (Phi) is 2.73. The van der Waals surface area contributed by atoms with E-state index in [9.17, 15) is 0 Å². The fourth-order valence-corrected chi connectivity index (χ4v) is 2.02. The molecule has 0 saturated carbocycles. The van der Waals surface area contributed by atoms with Gasteiger partial charge < -0.3 is 4.74 Å². The molecule has 0 unspecified atom stereocenters. The van der Waals surface area contributed by atoms with E-state index < -0.39 is 0 Å². The summed E-state index contributed by atoms with van der Waals surface area (Å²) in [6.07, 6.45) is 0. The number of rotatable bonds is 2.